The maximum Gasteiger partial charge on any atom is 0.317 e. The number of carboxylic acids is 2. The molecule has 29 heavy (non-hydrogen) atoms. The number of rotatable bonds is 8. The van der Waals surface area contributed by atoms with Crippen molar-refractivity contribution < 1.29 is 34.5 Å². The number of carboxylic acid groups (broad SMARTS) is 2. The highest BCUT2D eigenvalue weighted by atomic mass is 16.4. The van der Waals surface area contributed by atoms with Crippen molar-refractivity contribution in [3.63, 3.8) is 0 Å². The molecule has 0 saturated carbocycles. The zero-order valence-corrected chi connectivity index (χ0v) is 17.3. The van der Waals surface area contributed by atoms with Crippen LogP contribution in [0.5, 0.6) is 0 Å². The van der Waals surface area contributed by atoms with Crippen LogP contribution in [0.3, 0.4) is 0 Å². The molecule has 1 heterocycles. The van der Waals surface area contributed by atoms with Crippen molar-refractivity contribution in [2.24, 2.45) is 0 Å². The van der Waals surface area contributed by atoms with E-state index in [9.17, 15) is 19.2 Å². The Morgan fingerprint density at radius 3 is 1.28 bits per heavy atom. The van der Waals surface area contributed by atoms with Crippen molar-refractivity contribution in [2.75, 3.05) is 85.6 Å². The van der Waals surface area contributed by atoms with E-state index in [1.165, 1.54) is 6.92 Å². The number of nitrogens with zero attached hydrogens (tertiary/aromatic N) is 4. The summed E-state index contributed by atoms with van der Waals surface area (Å²) >= 11 is 0. The summed E-state index contributed by atoms with van der Waals surface area (Å²) in [6.45, 7) is 5.75. The van der Waals surface area contributed by atoms with Gasteiger partial charge in [-0.2, -0.15) is 0 Å². The normalized spacial score (nSPS) is 18.6. The number of ketones is 1. The second-order valence-corrected chi connectivity index (χ2v) is 6.79. The highest BCUT2D eigenvalue weighted by molar-refractivity contribution is 5.77. The van der Waals surface area contributed by atoms with Gasteiger partial charge in [-0.15, -0.1) is 0 Å². The van der Waals surface area contributed by atoms with Gasteiger partial charge in [-0.25, -0.2) is 0 Å². The third-order valence-corrected chi connectivity index (χ3v) is 4.43. The van der Waals surface area contributed by atoms with Crippen molar-refractivity contribution >= 4 is 24.0 Å². The summed E-state index contributed by atoms with van der Waals surface area (Å²) in [4.78, 5) is 52.1. The molecule has 3 N–H and O–H groups in total. The molecule has 0 aromatic carbocycles. The molecule has 0 aliphatic carbocycles. The summed E-state index contributed by atoms with van der Waals surface area (Å²) in [5.41, 5.74) is 0. The summed E-state index contributed by atoms with van der Waals surface area (Å²) in [6.07, 6.45) is 0.817. The second kappa shape index (κ2) is 15.9. The lowest BCUT2D eigenvalue weighted by atomic mass is 10.3. The molecular formula is C18H34N4O7. The number of aliphatic carboxylic acids is 2. The molecule has 0 unspecified atom stereocenters. The number of hydrogen-bond acceptors (Lipinski definition) is 9. The molecule has 0 aromatic rings. The Morgan fingerprint density at radius 2 is 1.00 bits per heavy atom. The standard InChI is InChI=1S/C17H30N4O6.CH4O/c1-15(23)12-19-4-2-18(10-11-22)3-5-20(13-16(24)25)8-9-21(7-6-19)14-17(26)27;1-2/h11H,2-10,12-14H2,1H3,(H,24,25)(H,26,27);2H,1H3. The van der Waals surface area contributed by atoms with Gasteiger partial charge in [0.25, 0.3) is 0 Å². The van der Waals surface area contributed by atoms with E-state index in [-0.39, 0.29) is 32.0 Å². The minimum Gasteiger partial charge on any atom is -0.480 e. The van der Waals surface area contributed by atoms with E-state index in [4.69, 9.17) is 15.3 Å². The number of carbonyl (C=O) groups is 4. The van der Waals surface area contributed by atoms with Crippen LogP contribution in [0.25, 0.3) is 0 Å². The van der Waals surface area contributed by atoms with Gasteiger partial charge >= 0.3 is 11.9 Å². The Balaban J connectivity index is 0.00000379. The number of aldehydes is 1. The fourth-order valence-corrected chi connectivity index (χ4v) is 3.04. The molecule has 0 amide bonds. The van der Waals surface area contributed by atoms with E-state index in [1.54, 1.807) is 9.80 Å². The van der Waals surface area contributed by atoms with Crippen LogP contribution in [0, 0.1) is 0 Å². The van der Waals surface area contributed by atoms with Crippen LogP contribution in [-0.2, 0) is 19.2 Å². The summed E-state index contributed by atoms with van der Waals surface area (Å²) in [5, 5.41) is 25.2. The Hall–Kier alpha value is -1.92. The Kier molecular flexibility index (Phi) is 14.9. The molecular weight excluding hydrogens is 384 g/mol. The van der Waals surface area contributed by atoms with Crippen LogP contribution in [0.15, 0.2) is 0 Å². The Morgan fingerprint density at radius 1 is 0.690 bits per heavy atom. The van der Waals surface area contributed by atoms with Gasteiger partial charge in [0.2, 0.25) is 0 Å². The lowest BCUT2D eigenvalue weighted by Crippen LogP contribution is -2.48. The molecule has 0 aromatic heterocycles. The van der Waals surface area contributed by atoms with Gasteiger partial charge in [-0.3, -0.25) is 34.0 Å². The van der Waals surface area contributed by atoms with Gasteiger partial charge in [0.05, 0.1) is 26.2 Å². The van der Waals surface area contributed by atoms with Crippen LogP contribution in [0.4, 0.5) is 0 Å². The van der Waals surface area contributed by atoms with Crippen LogP contribution in [0.1, 0.15) is 6.92 Å². The fourth-order valence-electron chi connectivity index (χ4n) is 3.04. The van der Waals surface area contributed by atoms with Crippen molar-refractivity contribution in [3.8, 4) is 0 Å². The van der Waals surface area contributed by atoms with E-state index in [2.05, 4.69) is 0 Å². The second-order valence-electron chi connectivity index (χ2n) is 6.79. The SMILES string of the molecule is CC(=O)CN1CCN(CC=O)CCN(CC(=O)O)CCN(CC(=O)O)CC1.CO. The maximum absolute atomic E-state index is 11.5. The smallest absolute Gasteiger partial charge is 0.317 e. The van der Waals surface area contributed by atoms with Crippen molar-refractivity contribution in [1.29, 1.82) is 0 Å². The Bertz CT molecular complexity index is 486. The topological polar surface area (TPSA) is 142 Å². The number of Topliss-reactive ketones (excluding diaryl/α,β-unsaturated/α-hetero) is 1. The summed E-state index contributed by atoms with van der Waals surface area (Å²) in [7, 11) is 1.00. The Labute approximate surface area is 171 Å². The molecule has 0 atom stereocenters. The highest BCUT2D eigenvalue weighted by Gasteiger charge is 2.19. The van der Waals surface area contributed by atoms with Crippen LogP contribution < -0.4 is 0 Å². The average Bonchev–Trinajstić information content (AvgIpc) is 2.64. The van der Waals surface area contributed by atoms with Crippen molar-refractivity contribution in [2.45, 2.75) is 6.92 Å². The van der Waals surface area contributed by atoms with E-state index < -0.39 is 11.9 Å². The molecule has 1 rings (SSSR count). The molecule has 1 aliphatic rings. The molecule has 1 fully saturated rings. The van der Waals surface area contributed by atoms with E-state index in [1.807, 2.05) is 9.80 Å². The summed E-state index contributed by atoms with van der Waals surface area (Å²) in [5.74, 6) is -1.86. The van der Waals surface area contributed by atoms with Crippen LogP contribution >= 0.6 is 0 Å². The van der Waals surface area contributed by atoms with E-state index in [0.29, 0.717) is 52.4 Å². The van der Waals surface area contributed by atoms with Gasteiger partial charge in [0.15, 0.2) is 0 Å². The van der Waals surface area contributed by atoms with E-state index in [0.717, 1.165) is 13.4 Å². The van der Waals surface area contributed by atoms with Crippen LogP contribution in [-0.4, -0.2) is 145 Å². The third-order valence-electron chi connectivity index (χ3n) is 4.43. The first kappa shape index (κ1) is 27.1. The zero-order chi connectivity index (χ0) is 22.2. The minimum atomic E-state index is -0.943. The monoisotopic (exact) mass is 418 g/mol. The molecule has 0 bridgehead atoms. The van der Waals surface area contributed by atoms with Gasteiger partial charge in [-0.1, -0.05) is 0 Å². The lowest BCUT2D eigenvalue weighted by Gasteiger charge is -2.32. The quantitative estimate of drug-likeness (QED) is 0.369. The van der Waals surface area contributed by atoms with Gasteiger partial charge in [0.1, 0.15) is 12.1 Å². The summed E-state index contributed by atoms with van der Waals surface area (Å²) < 4.78 is 0. The molecule has 1 aliphatic heterocycles. The molecule has 1 saturated heterocycles. The number of aliphatic hydroxyl groups is 1. The molecule has 11 heteroatoms. The van der Waals surface area contributed by atoms with Crippen molar-refractivity contribution in [3.05, 3.63) is 0 Å². The first-order valence-electron chi connectivity index (χ1n) is 9.51. The maximum atomic E-state index is 11.5. The number of carbonyl (C=O) groups excluding carboxylic acids is 2. The molecule has 0 spiro atoms. The largest absolute Gasteiger partial charge is 0.480 e. The molecule has 168 valence electrons. The fraction of sp³-hybridized carbons (Fsp3) is 0.778. The predicted octanol–water partition coefficient (Wildman–Crippen LogP) is -2.23. The first-order valence-corrected chi connectivity index (χ1v) is 9.51. The van der Waals surface area contributed by atoms with E-state index >= 15 is 0 Å². The molecule has 0 radical (unpaired) electrons. The number of aliphatic hydroxyl groups excluding tert-OH is 1. The zero-order valence-electron chi connectivity index (χ0n) is 17.3. The highest BCUT2D eigenvalue weighted by Crippen LogP contribution is 2.01. The van der Waals surface area contributed by atoms with Gasteiger partial charge in [-0.05, 0) is 6.92 Å². The van der Waals surface area contributed by atoms with Crippen LogP contribution in [0.2, 0.25) is 0 Å². The summed E-state index contributed by atoms with van der Waals surface area (Å²) in [6, 6.07) is 0. The minimum absolute atomic E-state index is 0.0291. The van der Waals surface area contributed by atoms with Gasteiger partial charge < -0.3 is 20.1 Å². The first-order chi connectivity index (χ1) is 13.8. The lowest BCUT2D eigenvalue weighted by molar-refractivity contribution is -0.140. The molecule has 11 nitrogen and oxygen atoms in total. The average molecular weight is 418 g/mol. The number of hydrogen-bond donors (Lipinski definition) is 3. The predicted molar refractivity (Wildman–Crippen MR) is 106 cm³/mol. The van der Waals surface area contributed by atoms with Gasteiger partial charge in [0, 0.05) is 59.5 Å². The third kappa shape index (κ3) is 13.8. The van der Waals surface area contributed by atoms with Crippen molar-refractivity contribution in [1.82, 2.24) is 19.6 Å².